The van der Waals surface area contributed by atoms with Gasteiger partial charge in [-0.05, 0) is 54.1 Å². The van der Waals surface area contributed by atoms with Crippen LogP contribution in [0.15, 0.2) is 66.5 Å². The minimum atomic E-state index is -0.0508. The fourth-order valence-electron chi connectivity index (χ4n) is 3.99. The van der Waals surface area contributed by atoms with Gasteiger partial charge in [-0.15, -0.1) is 0 Å². The van der Waals surface area contributed by atoms with Gasteiger partial charge < -0.3 is 19.5 Å². The van der Waals surface area contributed by atoms with Crippen molar-refractivity contribution in [3.05, 3.63) is 77.8 Å². The van der Waals surface area contributed by atoms with Gasteiger partial charge in [0.05, 0.1) is 31.3 Å². The number of ether oxygens (including phenoxy) is 3. The highest BCUT2D eigenvalue weighted by Crippen LogP contribution is 2.31. The Morgan fingerprint density at radius 2 is 2.12 bits per heavy atom. The molecule has 2 aliphatic rings. The minimum absolute atomic E-state index is 0.0508. The van der Waals surface area contributed by atoms with E-state index in [0.29, 0.717) is 13.2 Å². The number of benzene rings is 1. The molecule has 0 saturated carbocycles. The largest absolute Gasteiger partial charge is 0.497 e. The summed E-state index contributed by atoms with van der Waals surface area (Å²) in [5.74, 6) is 2.53. The van der Waals surface area contributed by atoms with Crippen LogP contribution in [0.4, 0.5) is 11.5 Å². The Bertz CT molecular complexity index is 1090. The molecule has 0 bridgehead atoms. The molecule has 1 N–H and O–H groups in total. The lowest BCUT2D eigenvalue weighted by Crippen LogP contribution is -2.40. The number of nitrogens with zero attached hydrogens (tertiary/aromatic N) is 3. The first-order chi connectivity index (χ1) is 15.8. The number of rotatable bonds is 6. The second-order valence-electron chi connectivity index (χ2n) is 7.90. The molecule has 7 nitrogen and oxygen atoms in total. The maximum absolute atomic E-state index is 6.02. The van der Waals surface area contributed by atoms with Crippen LogP contribution in [0.25, 0.3) is 6.08 Å². The van der Waals surface area contributed by atoms with E-state index in [2.05, 4.69) is 26.3 Å². The van der Waals surface area contributed by atoms with E-state index in [9.17, 15) is 0 Å². The van der Waals surface area contributed by atoms with Crippen molar-refractivity contribution in [2.45, 2.75) is 6.10 Å². The number of fused-ring (bicyclic) bond motifs is 1. The predicted molar refractivity (Wildman–Crippen MR) is 123 cm³/mol. The van der Waals surface area contributed by atoms with Gasteiger partial charge in [-0.25, -0.2) is 4.98 Å². The molecule has 1 aromatic carbocycles. The average Bonchev–Trinajstić information content (AvgIpc) is 2.85. The van der Waals surface area contributed by atoms with Crippen LogP contribution < -0.4 is 14.8 Å². The standard InChI is InChI=1S/C25H26N4O3/c1-30-21-6-8-23-19(13-21)12-18(17-32-23)15-29-10-11-31-24(16-29)22-7-5-20(14-27-22)28-25-4-2-3-9-26-25/h2-9,12-14,24H,10-11,15-17H2,1H3,(H,26,28)/t24-/m0/s1. The molecule has 2 aliphatic heterocycles. The summed E-state index contributed by atoms with van der Waals surface area (Å²) >= 11 is 0. The van der Waals surface area contributed by atoms with E-state index in [4.69, 9.17) is 14.2 Å². The van der Waals surface area contributed by atoms with Gasteiger partial charge in [0.2, 0.25) is 0 Å². The van der Waals surface area contributed by atoms with E-state index in [-0.39, 0.29) is 6.10 Å². The summed E-state index contributed by atoms with van der Waals surface area (Å²) < 4.78 is 17.3. The normalized spacial score (nSPS) is 18.3. The monoisotopic (exact) mass is 430 g/mol. The van der Waals surface area contributed by atoms with Crippen LogP contribution in [0.3, 0.4) is 0 Å². The van der Waals surface area contributed by atoms with Crippen LogP contribution in [-0.4, -0.2) is 54.8 Å². The van der Waals surface area contributed by atoms with E-state index in [1.54, 1.807) is 13.3 Å². The molecule has 7 heteroatoms. The summed E-state index contributed by atoms with van der Waals surface area (Å²) in [4.78, 5) is 11.3. The molecule has 32 heavy (non-hydrogen) atoms. The Morgan fingerprint density at radius 1 is 1.16 bits per heavy atom. The van der Waals surface area contributed by atoms with Gasteiger partial charge in [-0.3, -0.25) is 9.88 Å². The van der Waals surface area contributed by atoms with Crippen LogP contribution >= 0.6 is 0 Å². The van der Waals surface area contributed by atoms with Crippen molar-refractivity contribution >= 4 is 17.6 Å². The minimum Gasteiger partial charge on any atom is -0.497 e. The number of morpholine rings is 1. The zero-order valence-electron chi connectivity index (χ0n) is 18.0. The average molecular weight is 431 g/mol. The highest BCUT2D eigenvalue weighted by atomic mass is 16.5. The van der Waals surface area contributed by atoms with E-state index in [1.165, 1.54) is 5.57 Å². The summed E-state index contributed by atoms with van der Waals surface area (Å²) in [6.45, 7) is 3.81. The second kappa shape index (κ2) is 9.38. The Kier molecular flexibility index (Phi) is 6.00. The summed E-state index contributed by atoms with van der Waals surface area (Å²) in [7, 11) is 1.68. The number of hydrogen-bond donors (Lipinski definition) is 1. The Hall–Kier alpha value is -3.42. The topological polar surface area (TPSA) is 68.7 Å². The first kappa shape index (κ1) is 20.5. The molecule has 0 radical (unpaired) electrons. The molecule has 4 heterocycles. The van der Waals surface area contributed by atoms with Crippen molar-refractivity contribution in [3.63, 3.8) is 0 Å². The maximum atomic E-state index is 6.02. The first-order valence-electron chi connectivity index (χ1n) is 10.7. The number of pyridine rings is 2. The van der Waals surface area contributed by atoms with E-state index in [1.807, 2.05) is 54.7 Å². The van der Waals surface area contributed by atoms with Gasteiger partial charge >= 0.3 is 0 Å². The van der Waals surface area contributed by atoms with E-state index in [0.717, 1.165) is 53.9 Å². The van der Waals surface area contributed by atoms with Crippen LogP contribution in [0.2, 0.25) is 0 Å². The quantitative estimate of drug-likeness (QED) is 0.632. The van der Waals surface area contributed by atoms with Crippen molar-refractivity contribution in [2.75, 3.05) is 45.3 Å². The fraction of sp³-hybridized carbons (Fsp3) is 0.280. The van der Waals surface area contributed by atoms with Crippen LogP contribution in [0.1, 0.15) is 17.4 Å². The predicted octanol–water partition coefficient (Wildman–Crippen LogP) is 4.08. The maximum Gasteiger partial charge on any atom is 0.130 e. The zero-order chi connectivity index (χ0) is 21.8. The Balaban J connectivity index is 1.22. The molecule has 5 rings (SSSR count). The zero-order valence-corrected chi connectivity index (χ0v) is 18.0. The first-order valence-corrected chi connectivity index (χ1v) is 10.7. The molecular weight excluding hydrogens is 404 g/mol. The third-order valence-corrected chi connectivity index (χ3v) is 5.62. The van der Waals surface area contributed by atoms with Crippen LogP contribution in [0.5, 0.6) is 11.5 Å². The van der Waals surface area contributed by atoms with Crippen LogP contribution in [0, 0.1) is 0 Å². The van der Waals surface area contributed by atoms with E-state index >= 15 is 0 Å². The summed E-state index contributed by atoms with van der Waals surface area (Å²) in [5.41, 5.74) is 4.14. The molecule has 3 aromatic rings. The molecule has 1 atom stereocenters. The van der Waals surface area contributed by atoms with Crippen molar-refractivity contribution in [2.24, 2.45) is 0 Å². The van der Waals surface area contributed by atoms with Crippen LogP contribution in [-0.2, 0) is 4.74 Å². The number of anilines is 2. The molecule has 0 aliphatic carbocycles. The van der Waals surface area contributed by atoms with Gasteiger partial charge in [-0.1, -0.05) is 6.07 Å². The van der Waals surface area contributed by atoms with Crippen molar-refractivity contribution in [1.82, 2.24) is 14.9 Å². The van der Waals surface area contributed by atoms with Gasteiger partial charge in [-0.2, -0.15) is 0 Å². The molecule has 0 unspecified atom stereocenters. The van der Waals surface area contributed by atoms with Gasteiger partial charge in [0.25, 0.3) is 0 Å². The Labute approximate surface area is 187 Å². The van der Waals surface area contributed by atoms with Crippen molar-refractivity contribution in [3.8, 4) is 11.5 Å². The van der Waals surface area contributed by atoms with Crippen molar-refractivity contribution < 1.29 is 14.2 Å². The third kappa shape index (κ3) is 4.74. The summed E-state index contributed by atoms with van der Waals surface area (Å²) in [6, 6.07) is 15.7. The second-order valence-corrected chi connectivity index (χ2v) is 7.90. The summed E-state index contributed by atoms with van der Waals surface area (Å²) in [6.07, 6.45) is 5.75. The number of nitrogens with one attached hydrogen (secondary N) is 1. The molecule has 0 spiro atoms. The third-order valence-electron chi connectivity index (χ3n) is 5.62. The molecule has 1 fully saturated rings. The smallest absolute Gasteiger partial charge is 0.130 e. The number of aromatic nitrogens is 2. The lowest BCUT2D eigenvalue weighted by molar-refractivity contribution is -0.0294. The van der Waals surface area contributed by atoms with E-state index < -0.39 is 0 Å². The molecular formula is C25H26N4O3. The number of methoxy groups -OCH3 is 1. The molecule has 0 amide bonds. The SMILES string of the molecule is COc1ccc2c(c1)C=C(CN1CCO[C@H](c3ccc(Nc4ccccn4)cn3)C1)CO2. The fourth-order valence-corrected chi connectivity index (χ4v) is 3.99. The molecule has 2 aromatic heterocycles. The molecule has 164 valence electrons. The van der Waals surface area contributed by atoms with Crippen molar-refractivity contribution in [1.29, 1.82) is 0 Å². The lowest BCUT2D eigenvalue weighted by Gasteiger charge is -2.33. The lowest BCUT2D eigenvalue weighted by atomic mass is 10.1. The highest BCUT2D eigenvalue weighted by molar-refractivity contribution is 5.64. The Morgan fingerprint density at radius 3 is 2.94 bits per heavy atom. The van der Waals surface area contributed by atoms with Gasteiger partial charge in [0, 0.05) is 31.4 Å². The summed E-state index contributed by atoms with van der Waals surface area (Å²) in [5, 5.41) is 3.26. The number of hydrogen-bond acceptors (Lipinski definition) is 7. The van der Waals surface area contributed by atoms with Gasteiger partial charge in [0.1, 0.15) is 30.0 Å². The molecule has 1 saturated heterocycles. The van der Waals surface area contributed by atoms with Gasteiger partial charge in [0.15, 0.2) is 0 Å². The highest BCUT2D eigenvalue weighted by Gasteiger charge is 2.24.